The van der Waals surface area contributed by atoms with Gasteiger partial charge in [0.05, 0.1) is 5.92 Å². The quantitative estimate of drug-likeness (QED) is 0.869. The number of hydrogen-bond acceptors (Lipinski definition) is 3. The molecular formula is C12H13BrO4. The van der Waals surface area contributed by atoms with Crippen LogP contribution in [0.3, 0.4) is 0 Å². The number of hydrogen-bond donors (Lipinski definition) is 1. The Morgan fingerprint density at radius 3 is 2.18 bits per heavy atom. The minimum atomic E-state index is -1.25. The fraction of sp³-hybridized carbons (Fsp3) is 0.333. The summed E-state index contributed by atoms with van der Waals surface area (Å²) in [5.74, 6) is -2.06. The fourth-order valence-electron chi connectivity index (χ4n) is 1.15. The smallest absolute Gasteiger partial charge is 0.349 e. The van der Waals surface area contributed by atoms with E-state index in [4.69, 9.17) is 9.84 Å². The summed E-state index contributed by atoms with van der Waals surface area (Å²) in [7, 11) is 0. The third kappa shape index (κ3) is 3.85. The minimum Gasteiger partial charge on any atom is -0.478 e. The summed E-state index contributed by atoms with van der Waals surface area (Å²) in [5, 5.41) is 9.04. The van der Waals surface area contributed by atoms with Crippen molar-refractivity contribution in [1.82, 2.24) is 0 Å². The number of benzene rings is 1. The molecular weight excluding hydrogens is 288 g/mol. The van der Waals surface area contributed by atoms with E-state index in [-0.39, 0.29) is 5.92 Å². The molecule has 1 N–H and O–H groups in total. The third-order valence-electron chi connectivity index (χ3n) is 2.10. The number of carboxylic acids is 1. The maximum absolute atomic E-state index is 11.4. The van der Waals surface area contributed by atoms with E-state index in [0.29, 0.717) is 5.56 Å². The molecule has 0 aliphatic rings. The van der Waals surface area contributed by atoms with Gasteiger partial charge in [0.25, 0.3) is 0 Å². The van der Waals surface area contributed by atoms with Gasteiger partial charge in [0, 0.05) is 10.0 Å². The molecule has 0 saturated heterocycles. The molecule has 0 fully saturated rings. The lowest BCUT2D eigenvalue weighted by Gasteiger charge is -2.15. The van der Waals surface area contributed by atoms with Crippen LogP contribution < -0.4 is 0 Å². The van der Waals surface area contributed by atoms with Crippen molar-refractivity contribution in [2.45, 2.75) is 20.0 Å². The number of carbonyl (C=O) groups excluding carboxylic acids is 1. The Labute approximate surface area is 108 Å². The van der Waals surface area contributed by atoms with Crippen LogP contribution >= 0.6 is 15.9 Å². The molecule has 4 nitrogen and oxygen atoms in total. The van der Waals surface area contributed by atoms with Gasteiger partial charge in [0.15, 0.2) is 0 Å². The number of esters is 1. The zero-order valence-corrected chi connectivity index (χ0v) is 11.1. The second-order valence-electron chi connectivity index (χ2n) is 3.86. The Morgan fingerprint density at radius 2 is 1.76 bits per heavy atom. The van der Waals surface area contributed by atoms with E-state index >= 15 is 0 Å². The van der Waals surface area contributed by atoms with Gasteiger partial charge >= 0.3 is 11.9 Å². The first-order chi connectivity index (χ1) is 7.91. The van der Waals surface area contributed by atoms with Gasteiger partial charge in [-0.2, -0.15) is 0 Å². The van der Waals surface area contributed by atoms with Gasteiger partial charge in [-0.3, -0.25) is 4.79 Å². The predicted molar refractivity (Wildman–Crippen MR) is 65.4 cm³/mol. The summed E-state index contributed by atoms with van der Waals surface area (Å²) in [6.07, 6.45) is -1.25. The van der Waals surface area contributed by atoms with E-state index in [1.165, 1.54) is 0 Å². The lowest BCUT2D eigenvalue weighted by molar-refractivity contribution is -0.166. The van der Waals surface area contributed by atoms with E-state index in [1.54, 1.807) is 38.1 Å². The molecule has 0 heterocycles. The molecule has 5 heteroatoms. The molecule has 0 saturated carbocycles. The highest BCUT2D eigenvalue weighted by molar-refractivity contribution is 9.10. The number of ether oxygens (including phenoxy) is 1. The summed E-state index contributed by atoms with van der Waals surface area (Å²) >= 11 is 3.25. The Bertz CT molecular complexity index is 411. The number of carbonyl (C=O) groups is 2. The zero-order chi connectivity index (χ0) is 13.0. The van der Waals surface area contributed by atoms with Crippen molar-refractivity contribution in [2.24, 2.45) is 5.92 Å². The summed E-state index contributed by atoms with van der Waals surface area (Å²) in [5.41, 5.74) is 0.440. The lowest BCUT2D eigenvalue weighted by atomic mass is 10.1. The Morgan fingerprint density at radius 1 is 1.24 bits per heavy atom. The van der Waals surface area contributed by atoms with Gasteiger partial charge < -0.3 is 9.84 Å². The van der Waals surface area contributed by atoms with Crippen LogP contribution in [0.4, 0.5) is 0 Å². The molecule has 1 aromatic carbocycles. The van der Waals surface area contributed by atoms with E-state index in [0.717, 1.165) is 4.47 Å². The topological polar surface area (TPSA) is 63.6 Å². The Hall–Kier alpha value is -1.36. The highest BCUT2D eigenvalue weighted by Crippen LogP contribution is 2.21. The van der Waals surface area contributed by atoms with Crippen LogP contribution in [0.5, 0.6) is 0 Å². The summed E-state index contributed by atoms with van der Waals surface area (Å²) in [4.78, 5) is 22.5. The minimum absolute atomic E-state index is 0.354. The fourth-order valence-corrected chi connectivity index (χ4v) is 1.42. The van der Waals surface area contributed by atoms with E-state index in [1.807, 2.05) is 0 Å². The van der Waals surface area contributed by atoms with Crippen molar-refractivity contribution in [3.8, 4) is 0 Å². The molecule has 17 heavy (non-hydrogen) atoms. The largest absolute Gasteiger partial charge is 0.478 e. The van der Waals surface area contributed by atoms with Gasteiger partial charge in [-0.1, -0.05) is 41.9 Å². The molecule has 92 valence electrons. The normalized spacial score (nSPS) is 12.2. The van der Waals surface area contributed by atoms with Crippen LogP contribution in [0.2, 0.25) is 0 Å². The monoisotopic (exact) mass is 300 g/mol. The van der Waals surface area contributed by atoms with Crippen LogP contribution in [-0.4, -0.2) is 17.0 Å². The van der Waals surface area contributed by atoms with Crippen molar-refractivity contribution in [1.29, 1.82) is 0 Å². The molecule has 0 radical (unpaired) electrons. The highest BCUT2D eigenvalue weighted by Gasteiger charge is 2.25. The number of halogens is 1. The van der Waals surface area contributed by atoms with Crippen LogP contribution in [-0.2, 0) is 14.3 Å². The maximum atomic E-state index is 11.4. The molecule has 1 rings (SSSR count). The van der Waals surface area contributed by atoms with E-state index in [2.05, 4.69) is 15.9 Å². The lowest BCUT2D eigenvalue weighted by Crippen LogP contribution is -2.22. The first kappa shape index (κ1) is 13.7. The van der Waals surface area contributed by atoms with E-state index < -0.39 is 18.0 Å². The number of carboxylic acid groups (broad SMARTS) is 1. The van der Waals surface area contributed by atoms with Crippen molar-refractivity contribution >= 4 is 27.9 Å². The summed E-state index contributed by atoms with van der Waals surface area (Å²) in [6, 6.07) is 6.62. The van der Waals surface area contributed by atoms with Crippen LogP contribution in [0.1, 0.15) is 25.5 Å². The van der Waals surface area contributed by atoms with Crippen LogP contribution in [0.25, 0.3) is 0 Å². The average molecular weight is 301 g/mol. The SMILES string of the molecule is CC(C)C(=O)OC(C(=O)O)c1ccc(Br)cc1. The first-order valence-electron chi connectivity index (χ1n) is 5.10. The average Bonchev–Trinajstić information content (AvgIpc) is 2.26. The zero-order valence-electron chi connectivity index (χ0n) is 9.51. The standard InChI is InChI=1S/C12H13BrO4/c1-7(2)12(16)17-10(11(14)15)8-3-5-9(13)6-4-8/h3-7,10H,1-2H3,(H,14,15). The first-order valence-corrected chi connectivity index (χ1v) is 5.90. The Balaban J connectivity index is 2.90. The Kier molecular flexibility index (Phi) is 4.69. The molecule has 0 aliphatic carbocycles. The molecule has 1 atom stereocenters. The molecule has 0 spiro atoms. The van der Waals surface area contributed by atoms with Gasteiger partial charge in [-0.15, -0.1) is 0 Å². The van der Waals surface area contributed by atoms with Gasteiger partial charge in [0.2, 0.25) is 6.10 Å². The molecule has 1 unspecified atom stereocenters. The van der Waals surface area contributed by atoms with Crippen molar-refractivity contribution in [3.63, 3.8) is 0 Å². The second kappa shape index (κ2) is 5.82. The second-order valence-corrected chi connectivity index (χ2v) is 4.78. The number of rotatable bonds is 4. The van der Waals surface area contributed by atoms with E-state index in [9.17, 15) is 9.59 Å². The molecule has 1 aromatic rings. The highest BCUT2D eigenvalue weighted by atomic mass is 79.9. The van der Waals surface area contributed by atoms with Crippen molar-refractivity contribution in [2.75, 3.05) is 0 Å². The molecule has 0 amide bonds. The van der Waals surface area contributed by atoms with Gasteiger partial charge in [-0.25, -0.2) is 4.79 Å². The molecule has 0 aliphatic heterocycles. The van der Waals surface area contributed by atoms with Crippen molar-refractivity contribution < 1.29 is 19.4 Å². The van der Waals surface area contributed by atoms with Gasteiger partial charge in [0.1, 0.15) is 0 Å². The summed E-state index contributed by atoms with van der Waals surface area (Å²) < 4.78 is 5.78. The summed E-state index contributed by atoms with van der Waals surface area (Å²) in [6.45, 7) is 3.31. The van der Waals surface area contributed by atoms with Gasteiger partial charge in [-0.05, 0) is 12.1 Å². The third-order valence-corrected chi connectivity index (χ3v) is 2.63. The maximum Gasteiger partial charge on any atom is 0.349 e. The van der Waals surface area contributed by atoms with Crippen LogP contribution in [0.15, 0.2) is 28.7 Å². The molecule has 0 aromatic heterocycles. The van der Waals surface area contributed by atoms with Crippen molar-refractivity contribution in [3.05, 3.63) is 34.3 Å². The molecule has 0 bridgehead atoms. The van der Waals surface area contributed by atoms with Crippen LogP contribution in [0, 0.1) is 5.92 Å². The predicted octanol–water partition coefficient (Wildman–Crippen LogP) is 2.77. The number of aliphatic carboxylic acids is 1.